The Bertz CT molecular complexity index is 831. The maximum absolute atomic E-state index is 12.8. The van der Waals surface area contributed by atoms with Crippen LogP contribution in [0.2, 0.25) is 5.02 Å². The van der Waals surface area contributed by atoms with E-state index in [0.29, 0.717) is 10.6 Å². The van der Waals surface area contributed by atoms with Crippen LogP contribution in [-0.4, -0.2) is 25.2 Å². The molecule has 1 amide bonds. The van der Waals surface area contributed by atoms with E-state index in [2.05, 4.69) is 6.58 Å². The summed E-state index contributed by atoms with van der Waals surface area (Å²) >= 11 is 5.81. The molecule has 0 unspecified atom stereocenters. The molecular formula is C17H17ClN2O3S. The fraction of sp³-hybridized carbons (Fsp3) is 0.118. The highest BCUT2D eigenvalue weighted by Crippen LogP contribution is 2.20. The van der Waals surface area contributed by atoms with Crippen LogP contribution in [0.25, 0.3) is 0 Å². The minimum Gasteiger partial charge on any atom is -0.366 e. The molecule has 0 bridgehead atoms. The first kappa shape index (κ1) is 18.2. The normalized spacial score (nSPS) is 11.4. The van der Waals surface area contributed by atoms with Crippen LogP contribution in [0.15, 0.2) is 66.1 Å². The number of carbonyl (C=O) groups is 1. The second kappa shape index (κ2) is 7.61. The lowest BCUT2D eigenvalue weighted by Crippen LogP contribution is -2.30. The standard InChI is InChI=1S/C17H17ClN2O3S/c1-2-11-20(12-13-3-5-14(6-4-13)17(19)21)24(22,23)16-9-7-15(18)8-10-16/h2-10H,1,11-12H2,(H2,19,21). The molecule has 0 radical (unpaired) electrons. The number of nitrogens with zero attached hydrogens (tertiary/aromatic N) is 1. The Labute approximate surface area is 146 Å². The minimum atomic E-state index is -3.69. The van der Waals surface area contributed by atoms with Crippen LogP contribution in [0.1, 0.15) is 15.9 Å². The zero-order chi connectivity index (χ0) is 17.7. The van der Waals surface area contributed by atoms with Gasteiger partial charge in [-0.3, -0.25) is 4.79 Å². The van der Waals surface area contributed by atoms with Crippen LogP contribution in [0.3, 0.4) is 0 Å². The highest BCUT2D eigenvalue weighted by molar-refractivity contribution is 7.89. The van der Waals surface area contributed by atoms with Crippen molar-refractivity contribution in [2.24, 2.45) is 5.73 Å². The molecule has 2 aromatic rings. The van der Waals surface area contributed by atoms with Gasteiger partial charge in [-0.2, -0.15) is 4.31 Å². The first-order valence-corrected chi connectivity index (χ1v) is 8.92. The molecule has 126 valence electrons. The topological polar surface area (TPSA) is 80.5 Å². The number of primary amides is 1. The number of amides is 1. The molecule has 2 N–H and O–H groups in total. The van der Waals surface area contributed by atoms with Crippen molar-refractivity contribution in [3.63, 3.8) is 0 Å². The van der Waals surface area contributed by atoms with Gasteiger partial charge in [0.15, 0.2) is 0 Å². The molecule has 0 heterocycles. The molecule has 0 saturated heterocycles. The summed E-state index contributed by atoms with van der Waals surface area (Å²) in [5.74, 6) is -0.529. The van der Waals surface area contributed by atoms with Gasteiger partial charge in [0.2, 0.25) is 15.9 Å². The summed E-state index contributed by atoms with van der Waals surface area (Å²) in [6.45, 7) is 3.92. The van der Waals surface area contributed by atoms with E-state index < -0.39 is 15.9 Å². The average Bonchev–Trinajstić information content (AvgIpc) is 2.55. The van der Waals surface area contributed by atoms with Gasteiger partial charge < -0.3 is 5.73 Å². The molecule has 24 heavy (non-hydrogen) atoms. The van der Waals surface area contributed by atoms with Gasteiger partial charge in [-0.25, -0.2) is 8.42 Å². The first-order chi connectivity index (χ1) is 11.3. The number of carbonyl (C=O) groups excluding carboxylic acids is 1. The van der Waals surface area contributed by atoms with Crippen molar-refractivity contribution in [3.8, 4) is 0 Å². The quantitative estimate of drug-likeness (QED) is 0.767. The van der Waals surface area contributed by atoms with E-state index in [0.717, 1.165) is 5.56 Å². The summed E-state index contributed by atoms with van der Waals surface area (Å²) in [6.07, 6.45) is 1.52. The number of hydrogen-bond acceptors (Lipinski definition) is 3. The van der Waals surface area contributed by atoms with Crippen molar-refractivity contribution < 1.29 is 13.2 Å². The van der Waals surface area contributed by atoms with E-state index in [1.54, 1.807) is 24.3 Å². The molecule has 0 saturated carbocycles. The van der Waals surface area contributed by atoms with E-state index in [9.17, 15) is 13.2 Å². The highest BCUT2D eigenvalue weighted by atomic mass is 35.5. The van der Waals surface area contributed by atoms with Gasteiger partial charge in [0.05, 0.1) is 4.90 Å². The predicted molar refractivity (Wildman–Crippen MR) is 94.2 cm³/mol. The fourth-order valence-corrected chi connectivity index (χ4v) is 3.65. The molecule has 5 nitrogen and oxygen atoms in total. The van der Waals surface area contributed by atoms with Gasteiger partial charge in [0.25, 0.3) is 0 Å². The van der Waals surface area contributed by atoms with Crippen LogP contribution in [-0.2, 0) is 16.6 Å². The van der Waals surface area contributed by atoms with Crippen molar-refractivity contribution in [2.45, 2.75) is 11.4 Å². The molecule has 0 aliphatic rings. The molecule has 2 aromatic carbocycles. The SMILES string of the molecule is C=CCN(Cc1ccc(C(N)=O)cc1)S(=O)(=O)c1ccc(Cl)cc1. The molecule has 0 aliphatic heterocycles. The highest BCUT2D eigenvalue weighted by Gasteiger charge is 2.23. The summed E-state index contributed by atoms with van der Waals surface area (Å²) in [6, 6.07) is 12.5. The molecule has 0 spiro atoms. The molecule has 0 aromatic heterocycles. The number of rotatable bonds is 7. The van der Waals surface area contributed by atoms with Crippen LogP contribution in [0.4, 0.5) is 0 Å². The van der Waals surface area contributed by atoms with E-state index in [-0.39, 0.29) is 18.0 Å². The van der Waals surface area contributed by atoms with Gasteiger partial charge >= 0.3 is 0 Å². The molecular weight excluding hydrogens is 348 g/mol. The maximum atomic E-state index is 12.8. The molecule has 0 aliphatic carbocycles. The van der Waals surface area contributed by atoms with Crippen LogP contribution < -0.4 is 5.73 Å². The molecule has 2 rings (SSSR count). The summed E-state index contributed by atoms with van der Waals surface area (Å²) in [5, 5.41) is 0.464. The molecule has 0 atom stereocenters. The second-order valence-corrected chi connectivity index (χ2v) is 7.48. The number of nitrogens with two attached hydrogens (primary N) is 1. The van der Waals surface area contributed by atoms with Crippen molar-refractivity contribution in [3.05, 3.63) is 77.3 Å². The Morgan fingerprint density at radius 3 is 2.21 bits per heavy atom. The first-order valence-electron chi connectivity index (χ1n) is 7.10. The van der Waals surface area contributed by atoms with Crippen molar-refractivity contribution in [1.29, 1.82) is 0 Å². The Hall–Kier alpha value is -2.15. The Morgan fingerprint density at radius 1 is 1.12 bits per heavy atom. The largest absolute Gasteiger partial charge is 0.366 e. The lowest BCUT2D eigenvalue weighted by molar-refractivity contribution is 0.1000. The summed E-state index contributed by atoms with van der Waals surface area (Å²) in [7, 11) is -3.69. The number of halogens is 1. The predicted octanol–water partition coefficient (Wildman–Crippen LogP) is 2.82. The Morgan fingerprint density at radius 2 is 1.71 bits per heavy atom. The van der Waals surface area contributed by atoms with Gasteiger partial charge in [0, 0.05) is 23.7 Å². The number of benzene rings is 2. The smallest absolute Gasteiger partial charge is 0.248 e. The minimum absolute atomic E-state index is 0.149. The van der Waals surface area contributed by atoms with E-state index >= 15 is 0 Å². The van der Waals surface area contributed by atoms with Crippen LogP contribution >= 0.6 is 11.6 Å². The van der Waals surface area contributed by atoms with Gasteiger partial charge in [0.1, 0.15) is 0 Å². The maximum Gasteiger partial charge on any atom is 0.248 e. The number of hydrogen-bond donors (Lipinski definition) is 1. The lowest BCUT2D eigenvalue weighted by atomic mass is 10.1. The zero-order valence-corrected chi connectivity index (χ0v) is 14.4. The summed E-state index contributed by atoms with van der Waals surface area (Å²) in [4.78, 5) is 11.3. The Kier molecular flexibility index (Phi) is 5.77. The van der Waals surface area contributed by atoms with E-state index in [1.807, 2.05) is 0 Å². The monoisotopic (exact) mass is 364 g/mol. The Balaban J connectivity index is 2.29. The van der Waals surface area contributed by atoms with Gasteiger partial charge in [-0.1, -0.05) is 29.8 Å². The molecule has 0 fully saturated rings. The number of sulfonamides is 1. The van der Waals surface area contributed by atoms with Crippen molar-refractivity contribution in [2.75, 3.05) is 6.54 Å². The third-order valence-corrected chi connectivity index (χ3v) is 5.46. The second-order valence-electron chi connectivity index (χ2n) is 5.10. The van der Waals surface area contributed by atoms with Crippen molar-refractivity contribution >= 4 is 27.5 Å². The lowest BCUT2D eigenvalue weighted by Gasteiger charge is -2.21. The van der Waals surface area contributed by atoms with Crippen LogP contribution in [0.5, 0.6) is 0 Å². The van der Waals surface area contributed by atoms with E-state index in [1.165, 1.54) is 34.6 Å². The van der Waals surface area contributed by atoms with Crippen molar-refractivity contribution in [1.82, 2.24) is 4.31 Å². The average molecular weight is 365 g/mol. The van der Waals surface area contributed by atoms with E-state index in [4.69, 9.17) is 17.3 Å². The fourth-order valence-electron chi connectivity index (χ4n) is 2.13. The van der Waals surface area contributed by atoms with Crippen LogP contribution in [0, 0.1) is 0 Å². The van der Waals surface area contributed by atoms with Gasteiger partial charge in [-0.15, -0.1) is 6.58 Å². The molecule has 7 heteroatoms. The summed E-state index contributed by atoms with van der Waals surface area (Å²) < 4.78 is 26.8. The summed E-state index contributed by atoms with van der Waals surface area (Å²) in [5.41, 5.74) is 6.31. The zero-order valence-electron chi connectivity index (χ0n) is 12.9. The van der Waals surface area contributed by atoms with Gasteiger partial charge in [-0.05, 0) is 42.0 Å². The third kappa shape index (κ3) is 4.23. The third-order valence-electron chi connectivity index (χ3n) is 3.38.